The lowest BCUT2D eigenvalue weighted by Crippen LogP contribution is -2.08. The molecule has 0 radical (unpaired) electrons. The molecule has 0 atom stereocenters. The zero-order valence-electron chi connectivity index (χ0n) is 11.3. The number of phenols is 1. The molecule has 0 amide bonds. The van der Waals surface area contributed by atoms with Crippen LogP contribution in [0.4, 0.5) is 0 Å². The zero-order chi connectivity index (χ0) is 14.4. The highest BCUT2D eigenvalue weighted by molar-refractivity contribution is 6.00. The van der Waals surface area contributed by atoms with E-state index in [0.717, 1.165) is 0 Å². The van der Waals surface area contributed by atoms with E-state index >= 15 is 0 Å². The topological polar surface area (TPSA) is 72.8 Å². The lowest BCUT2D eigenvalue weighted by molar-refractivity contribution is -0.140. The minimum Gasteiger partial charge on any atom is -0.507 e. The number of carbonyl (C=O) groups excluding carboxylic acids is 2. The number of rotatable bonds is 6. The van der Waals surface area contributed by atoms with Gasteiger partial charge in [-0.15, -0.1) is 0 Å². The van der Waals surface area contributed by atoms with E-state index in [4.69, 9.17) is 4.74 Å². The Bertz CT molecular complexity index is 465. The Morgan fingerprint density at radius 2 is 1.95 bits per heavy atom. The number of methoxy groups -OCH3 is 1. The van der Waals surface area contributed by atoms with E-state index in [1.165, 1.54) is 19.2 Å². The highest BCUT2D eigenvalue weighted by atomic mass is 16.5. The smallest absolute Gasteiger partial charge is 0.305 e. The van der Waals surface area contributed by atoms with Gasteiger partial charge in [-0.25, -0.2) is 0 Å². The Morgan fingerprint density at radius 3 is 2.53 bits per heavy atom. The van der Waals surface area contributed by atoms with Gasteiger partial charge in [0.25, 0.3) is 0 Å². The van der Waals surface area contributed by atoms with Gasteiger partial charge < -0.3 is 14.6 Å². The molecule has 1 N–H and O–H groups in total. The average molecular weight is 266 g/mol. The molecule has 1 aromatic rings. The summed E-state index contributed by atoms with van der Waals surface area (Å²) in [6.45, 7) is 3.73. The maximum atomic E-state index is 11.9. The van der Waals surface area contributed by atoms with Crippen molar-refractivity contribution in [3.8, 4) is 11.5 Å². The Balaban J connectivity index is 2.80. The second-order valence-electron chi connectivity index (χ2n) is 4.34. The summed E-state index contributed by atoms with van der Waals surface area (Å²) in [5.74, 6) is -0.389. The van der Waals surface area contributed by atoms with Crippen LogP contribution in [0, 0.1) is 0 Å². The van der Waals surface area contributed by atoms with Gasteiger partial charge in [-0.2, -0.15) is 0 Å². The van der Waals surface area contributed by atoms with Crippen molar-refractivity contribution in [1.82, 2.24) is 0 Å². The predicted molar refractivity (Wildman–Crippen MR) is 69.5 cm³/mol. The first-order valence-electron chi connectivity index (χ1n) is 6.03. The van der Waals surface area contributed by atoms with Gasteiger partial charge in [0.05, 0.1) is 25.2 Å². The predicted octanol–water partition coefficient (Wildman–Crippen LogP) is 2.32. The molecule has 5 nitrogen and oxygen atoms in total. The molecule has 0 aliphatic carbocycles. The first-order chi connectivity index (χ1) is 8.93. The first kappa shape index (κ1) is 15.0. The van der Waals surface area contributed by atoms with E-state index in [9.17, 15) is 14.7 Å². The molecular formula is C14H18O5. The minimum atomic E-state index is -0.456. The third-order valence-electron chi connectivity index (χ3n) is 2.42. The molecule has 0 fully saturated rings. The van der Waals surface area contributed by atoms with Crippen LogP contribution in [0.3, 0.4) is 0 Å². The van der Waals surface area contributed by atoms with Gasteiger partial charge in [-0.3, -0.25) is 9.59 Å². The van der Waals surface area contributed by atoms with Crippen molar-refractivity contribution >= 4 is 11.8 Å². The molecule has 0 spiro atoms. The fourth-order valence-corrected chi connectivity index (χ4v) is 1.54. The van der Waals surface area contributed by atoms with E-state index in [1.807, 2.05) is 13.8 Å². The molecule has 1 rings (SSSR count). The SMILES string of the molecule is COC(=O)CCC(=O)c1cc(OC(C)C)ccc1O. The number of Topliss-reactive ketones (excluding diaryl/α,β-unsaturated/α-hetero) is 1. The van der Waals surface area contributed by atoms with Crippen LogP contribution in [0.25, 0.3) is 0 Å². The second kappa shape index (κ2) is 6.78. The lowest BCUT2D eigenvalue weighted by Gasteiger charge is -2.11. The fourth-order valence-electron chi connectivity index (χ4n) is 1.54. The van der Waals surface area contributed by atoms with Crippen LogP contribution in [0.15, 0.2) is 18.2 Å². The number of esters is 1. The molecule has 0 heterocycles. The fraction of sp³-hybridized carbons (Fsp3) is 0.429. The molecular weight excluding hydrogens is 248 g/mol. The second-order valence-corrected chi connectivity index (χ2v) is 4.34. The quantitative estimate of drug-likeness (QED) is 0.632. The normalized spacial score (nSPS) is 10.3. The zero-order valence-corrected chi connectivity index (χ0v) is 11.3. The number of benzene rings is 1. The van der Waals surface area contributed by atoms with Gasteiger partial charge in [0, 0.05) is 6.42 Å². The molecule has 104 valence electrons. The molecule has 1 aromatic carbocycles. The van der Waals surface area contributed by atoms with E-state index in [1.54, 1.807) is 6.07 Å². The summed E-state index contributed by atoms with van der Waals surface area (Å²) in [4.78, 5) is 22.9. The third kappa shape index (κ3) is 4.62. The summed E-state index contributed by atoms with van der Waals surface area (Å²) in [6, 6.07) is 4.48. The van der Waals surface area contributed by atoms with Gasteiger partial charge in [-0.1, -0.05) is 0 Å². The number of carbonyl (C=O) groups is 2. The summed E-state index contributed by atoms with van der Waals surface area (Å²) < 4.78 is 9.92. The van der Waals surface area contributed by atoms with Crippen LogP contribution >= 0.6 is 0 Å². The molecule has 5 heteroatoms. The Morgan fingerprint density at radius 1 is 1.26 bits per heavy atom. The van der Waals surface area contributed by atoms with Crippen molar-refractivity contribution in [1.29, 1.82) is 0 Å². The lowest BCUT2D eigenvalue weighted by atomic mass is 10.1. The van der Waals surface area contributed by atoms with Crippen LogP contribution < -0.4 is 4.74 Å². The Kier molecular flexibility index (Phi) is 5.36. The number of phenolic OH excluding ortho intramolecular Hbond substituents is 1. The number of hydrogen-bond acceptors (Lipinski definition) is 5. The van der Waals surface area contributed by atoms with Gasteiger partial charge in [0.15, 0.2) is 5.78 Å². The molecule has 0 unspecified atom stereocenters. The van der Waals surface area contributed by atoms with Gasteiger partial charge in [-0.05, 0) is 32.0 Å². The molecule has 0 saturated heterocycles. The largest absolute Gasteiger partial charge is 0.507 e. The Labute approximate surface area is 112 Å². The first-order valence-corrected chi connectivity index (χ1v) is 6.03. The number of ether oxygens (including phenoxy) is 2. The molecule has 0 aliphatic rings. The van der Waals surface area contributed by atoms with E-state index in [0.29, 0.717) is 5.75 Å². The molecule has 0 bridgehead atoms. The van der Waals surface area contributed by atoms with Crippen LogP contribution in [-0.4, -0.2) is 30.1 Å². The van der Waals surface area contributed by atoms with Gasteiger partial charge in [0.1, 0.15) is 11.5 Å². The van der Waals surface area contributed by atoms with Gasteiger partial charge in [0.2, 0.25) is 0 Å². The summed E-state index contributed by atoms with van der Waals surface area (Å²) in [6.07, 6.45) is -0.0439. The standard InChI is InChI=1S/C14H18O5/c1-9(2)19-10-4-5-12(15)11(8-10)13(16)6-7-14(17)18-3/h4-5,8-9,15H,6-7H2,1-3H3. The molecule has 0 aliphatic heterocycles. The van der Waals surface area contributed by atoms with Gasteiger partial charge >= 0.3 is 5.97 Å². The number of ketones is 1. The van der Waals surface area contributed by atoms with Crippen molar-refractivity contribution in [2.45, 2.75) is 32.8 Å². The van der Waals surface area contributed by atoms with Crippen molar-refractivity contribution < 1.29 is 24.2 Å². The summed E-state index contributed by atoms with van der Waals surface area (Å²) in [5, 5.41) is 9.67. The maximum Gasteiger partial charge on any atom is 0.305 e. The highest BCUT2D eigenvalue weighted by Gasteiger charge is 2.14. The van der Waals surface area contributed by atoms with Crippen molar-refractivity contribution in [2.75, 3.05) is 7.11 Å². The van der Waals surface area contributed by atoms with Crippen molar-refractivity contribution in [3.63, 3.8) is 0 Å². The van der Waals surface area contributed by atoms with Crippen LogP contribution in [0.1, 0.15) is 37.0 Å². The molecule has 0 aromatic heterocycles. The minimum absolute atomic E-state index is 0.00857. The molecule has 19 heavy (non-hydrogen) atoms. The average Bonchev–Trinajstić information content (AvgIpc) is 2.37. The van der Waals surface area contributed by atoms with E-state index in [2.05, 4.69) is 4.74 Å². The Hall–Kier alpha value is -2.04. The summed E-state index contributed by atoms with van der Waals surface area (Å²) in [5.41, 5.74) is 0.155. The summed E-state index contributed by atoms with van der Waals surface area (Å²) >= 11 is 0. The monoisotopic (exact) mass is 266 g/mol. The highest BCUT2D eigenvalue weighted by Crippen LogP contribution is 2.25. The van der Waals surface area contributed by atoms with E-state index < -0.39 is 5.97 Å². The van der Waals surface area contributed by atoms with E-state index in [-0.39, 0.29) is 36.0 Å². The van der Waals surface area contributed by atoms with Crippen LogP contribution in [-0.2, 0) is 9.53 Å². The van der Waals surface area contributed by atoms with Crippen LogP contribution in [0.5, 0.6) is 11.5 Å². The van der Waals surface area contributed by atoms with Crippen molar-refractivity contribution in [3.05, 3.63) is 23.8 Å². The number of aromatic hydroxyl groups is 1. The summed E-state index contributed by atoms with van der Waals surface area (Å²) in [7, 11) is 1.27. The van der Waals surface area contributed by atoms with Crippen LogP contribution in [0.2, 0.25) is 0 Å². The third-order valence-corrected chi connectivity index (χ3v) is 2.42. The van der Waals surface area contributed by atoms with Crippen molar-refractivity contribution in [2.24, 2.45) is 0 Å². The number of hydrogen-bond donors (Lipinski definition) is 1. The maximum absolute atomic E-state index is 11.9. The molecule has 0 saturated carbocycles.